The summed E-state index contributed by atoms with van der Waals surface area (Å²) >= 11 is 0. The number of phenols is 2. The van der Waals surface area contributed by atoms with Gasteiger partial charge in [-0.15, -0.1) is 6.58 Å². The predicted molar refractivity (Wildman–Crippen MR) is 91.2 cm³/mol. The Kier molecular flexibility index (Phi) is 4.50. The van der Waals surface area contributed by atoms with E-state index in [0.29, 0.717) is 34.4 Å². The van der Waals surface area contributed by atoms with Crippen LogP contribution in [0.15, 0.2) is 24.8 Å². The molecule has 2 aromatic rings. The average molecular weight is 316 g/mol. The van der Waals surface area contributed by atoms with Crippen LogP contribution in [0.25, 0.3) is 0 Å². The number of benzene rings is 2. The van der Waals surface area contributed by atoms with E-state index >= 15 is 0 Å². The first-order valence-electron chi connectivity index (χ1n) is 7.25. The maximum Gasteiger partial charge on any atom is 0.167 e. The van der Waals surface area contributed by atoms with Gasteiger partial charge in [-0.3, -0.25) is 0 Å². The van der Waals surface area contributed by atoms with Crippen molar-refractivity contribution in [2.45, 2.75) is 26.7 Å². The maximum atomic E-state index is 13.7. The van der Waals surface area contributed by atoms with E-state index < -0.39 is 11.6 Å². The topological polar surface area (TPSA) is 92.5 Å². The molecule has 0 unspecified atom stereocenters. The lowest BCUT2D eigenvalue weighted by Gasteiger charge is -2.17. The van der Waals surface area contributed by atoms with E-state index in [1.165, 1.54) is 0 Å². The zero-order valence-electron chi connectivity index (χ0n) is 13.3. The van der Waals surface area contributed by atoms with E-state index in [0.717, 1.165) is 11.6 Å². The van der Waals surface area contributed by atoms with Crippen LogP contribution in [0.1, 0.15) is 27.8 Å². The van der Waals surface area contributed by atoms with Crippen molar-refractivity contribution in [3.05, 3.63) is 58.4 Å². The Morgan fingerprint density at radius 2 is 1.61 bits per heavy atom. The number of nitrogen functional groups attached to an aromatic ring is 2. The second kappa shape index (κ2) is 6.20. The predicted octanol–water partition coefficient (Wildman–Crippen LogP) is 3.34. The largest absolute Gasteiger partial charge is 0.507 e. The molecule has 0 atom stereocenters. The number of halogens is 1. The van der Waals surface area contributed by atoms with Crippen LogP contribution in [-0.2, 0) is 12.8 Å². The lowest BCUT2D eigenvalue weighted by molar-refractivity contribution is 0.425. The van der Waals surface area contributed by atoms with Gasteiger partial charge >= 0.3 is 0 Å². The molecule has 0 bridgehead atoms. The molecule has 0 radical (unpaired) electrons. The number of aromatic hydroxyl groups is 2. The van der Waals surface area contributed by atoms with Crippen LogP contribution in [0, 0.1) is 19.7 Å². The summed E-state index contributed by atoms with van der Waals surface area (Å²) in [5.74, 6) is -1.16. The van der Waals surface area contributed by atoms with E-state index in [1.54, 1.807) is 19.1 Å². The van der Waals surface area contributed by atoms with Gasteiger partial charge in [0.2, 0.25) is 0 Å². The lowest BCUT2D eigenvalue weighted by atomic mass is 9.92. The third-order valence-electron chi connectivity index (χ3n) is 4.20. The molecule has 0 spiro atoms. The van der Waals surface area contributed by atoms with E-state index in [4.69, 9.17) is 11.5 Å². The highest BCUT2D eigenvalue weighted by Crippen LogP contribution is 2.36. The zero-order valence-corrected chi connectivity index (χ0v) is 13.3. The SMILES string of the molecule is C=CCc1c(C)c(N)cc(Cc2c(C)c(N)cc(F)c2O)c1O. The highest BCUT2D eigenvalue weighted by atomic mass is 19.1. The molecular formula is C18H21FN2O2. The summed E-state index contributed by atoms with van der Waals surface area (Å²) in [4.78, 5) is 0. The van der Waals surface area contributed by atoms with Gasteiger partial charge < -0.3 is 21.7 Å². The standard InChI is InChI=1S/C18H21FN2O2/c1-4-5-12-9(2)15(20)7-11(17(12)22)6-13-10(3)16(21)8-14(19)18(13)23/h4,7-8,22-23H,1,5-6,20-21H2,2-3H3. The van der Waals surface area contributed by atoms with Crippen LogP contribution in [0.5, 0.6) is 11.5 Å². The Morgan fingerprint density at radius 3 is 2.22 bits per heavy atom. The molecule has 5 heteroatoms. The number of phenolic OH excluding ortho intramolecular Hbond substituents is 2. The van der Waals surface area contributed by atoms with Crippen LogP contribution in [0.3, 0.4) is 0 Å². The first-order chi connectivity index (χ1) is 10.8. The molecule has 122 valence electrons. The summed E-state index contributed by atoms with van der Waals surface area (Å²) in [6.45, 7) is 7.19. The summed E-state index contributed by atoms with van der Waals surface area (Å²) in [6.07, 6.45) is 2.26. The molecule has 0 fully saturated rings. The molecular weight excluding hydrogens is 295 g/mol. The number of hydrogen-bond acceptors (Lipinski definition) is 4. The van der Waals surface area contributed by atoms with E-state index in [2.05, 4.69) is 6.58 Å². The number of allylic oxidation sites excluding steroid dienone is 1. The van der Waals surface area contributed by atoms with Crippen molar-refractivity contribution in [1.82, 2.24) is 0 Å². The van der Waals surface area contributed by atoms with Gasteiger partial charge in [0.25, 0.3) is 0 Å². The Bertz CT molecular complexity index is 759. The molecule has 2 aromatic carbocycles. The van der Waals surface area contributed by atoms with Crippen molar-refractivity contribution in [3.63, 3.8) is 0 Å². The van der Waals surface area contributed by atoms with Gasteiger partial charge in [-0.25, -0.2) is 4.39 Å². The Labute approximate surface area is 134 Å². The van der Waals surface area contributed by atoms with Crippen molar-refractivity contribution in [2.75, 3.05) is 11.5 Å². The molecule has 0 aliphatic carbocycles. The van der Waals surface area contributed by atoms with E-state index in [-0.39, 0.29) is 17.9 Å². The highest BCUT2D eigenvalue weighted by molar-refractivity contribution is 5.63. The molecule has 0 saturated carbocycles. The van der Waals surface area contributed by atoms with Crippen LogP contribution in [0.4, 0.5) is 15.8 Å². The average Bonchev–Trinajstić information content (AvgIpc) is 2.51. The third-order valence-corrected chi connectivity index (χ3v) is 4.20. The number of rotatable bonds is 4. The Morgan fingerprint density at radius 1 is 1.04 bits per heavy atom. The molecule has 0 aliphatic rings. The van der Waals surface area contributed by atoms with Crippen molar-refractivity contribution in [1.29, 1.82) is 0 Å². The Hall–Kier alpha value is -2.69. The molecule has 0 saturated heterocycles. The van der Waals surface area contributed by atoms with Gasteiger partial charge in [0, 0.05) is 40.6 Å². The van der Waals surface area contributed by atoms with Crippen molar-refractivity contribution >= 4 is 11.4 Å². The summed E-state index contributed by atoms with van der Waals surface area (Å²) in [6, 6.07) is 2.72. The smallest absolute Gasteiger partial charge is 0.167 e. The summed E-state index contributed by atoms with van der Waals surface area (Å²) in [5.41, 5.74) is 15.4. The number of hydrogen-bond donors (Lipinski definition) is 4. The third kappa shape index (κ3) is 2.95. The summed E-state index contributed by atoms with van der Waals surface area (Å²) in [5, 5.41) is 20.5. The quantitative estimate of drug-likeness (QED) is 0.395. The minimum Gasteiger partial charge on any atom is -0.507 e. The van der Waals surface area contributed by atoms with Gasteiger partial charge in [0.15, 0.2) is 11.6 Å². The lowest BCUT2D eigenvalue weighted by Crippen LogP contribution is -2.03. The molecule has 6 N–H and O–H groups in total. The fourth-order valence-corrected chi connectivity index (χ4v) is 2.65. The molecule has 0 heterocycles. The number of anilines is 2. The first kappa shape index (κ1) is 16.7. The monoisotopic (exact) mass is 316 g/mol. The van der Waals surface area contributed by atoms with Crippen LogP contribution in [-0.4, -0.2) is 10.2 Å². The van der Waals surface area contributed by atoms with Crippen molar-refractivity contribution < 1.29 is 14.6 Å². The van der Waals surface area contributed by atoms with Gasteiger partial charge in [-0.1, -0.05) is 6.08 Å². The van der Waals surface area contributed by atoms with Gasteiger partial charge in [0.05, 0.1) is 0 Å². The maximum absolute atomic E-state index is 13.7. The van der Waals surface area contributed by atoms with E-state index in [9.17, 15) is 14.6 Å². The second-order valence-corrected chi connectivity index (χ2v) is 5.65. The van der Waals surface area contributed by atoms with Crippen LogP contribution in [0.2, 0.25) is 0 Å². The molecule has 0 amide bonds. The molecule has 4 nitrogen and oxygen atoms in total. The van der Waals surface area contributed by atoms with Crippen molar-refractivity contribution in [2.24, 2.45) is 0 Å². The van der Waals surface area contributed by atoms with Gasteiger partial charge in [-0.05, 0) is 37.5 Å². The fourth-order valence-electron chi connectivity index (χ4n) is 2.65. The minimum atomic E-state index is -0.783. The summed E-state index contributed by atoms with van der Waals surface area (Å²) < 4.78 is 13.7. The fraction of sp³-hybridized carbons (Fsp3) is 0.222. The molecule has 2 rings (SSSR count). The van der Waals surface area contributed by atoms with E-state index in [1.807, 2.05) is 6.92 Å². The van der Waals surface area contributed by atoms with Gasteiger partial charge in [-0.2, -0.15) is 0 Å². The number of nitrogens with two attached hydrogens (primary N) is 2. The van der Waals surface area contributed by atoms with Gasteiger partial charge in [0.1, 0.15) is 5.75 Å². The minimum absolute atomic E-state index is 0.0817. The van der Waals surface area contributed by atoms with Crippen LogP contribution >= 0.6 is 0 Å². The second-order valence-electron chi connectivity index (χ2n) is 5.65. The molecule has 0 aromatic heterocycles. The normalized spacial score (nSPS) is 10.7. The molecule has 23 heavy (non-hydrogen) atoms. The van der Waals surface area contributed by atoms with Crippen LogP contribution < -0.4 is 11.5 Å². The Balaban J connectivity index is 2.60. The first-order valence-corrected chi connectivity index (χ1v) is 7.25. The molecule has 0 aliphatic heterocycles. The zero-order chi connectivity index (χ0) is 17.3. The summed E-state index contributed by atoms with van der Waals surface area (Å²) in [7, 11) is 0. The van der Waals surface area contributed by atoms with Crippen molar-refractivity contribution in [3.8, 4) is 11.5 Å². The highest BCUT2D eigenvalue weighted by Gasteiger charge is 2.18.